The maximum Gasteiger partial charge on any atom is 0.420 e. The number of amides is 2. The normalized spacial score (nSPS) is 19.0. The van der Waals surface area contributed by atoms with Crippen LogP contribution in [0.2, 0.25) is 10.4 Å². The second kappa shape index (κ2) is 8.27. The van der Waals surface area contributed by atoms with Gasteiger partial charge in [-0.15, -0.1) is 0 Å². The number of nitrogens with zero attached hydrogens (tertiary/aromatic N) is 5. The predicted octanol–water partition coefficient (Wildman–Crippen LogP) is 5.17. The van der Waals surface area contributed by atoms with Crippen LogP contribution in [0.15, 0.2) is 18.5 Å². The van der Waals surface area contributed by atoms with Gasteiger partial charge in [0.2, 0.25) is 5.28 Å². The van der Waals surface area contributed by atoms with Gasteiger partial charge in [0.1, 0.15) is 16.7 Å². The fourth-order valence-corrected chi connectivity index (χ4v) is 3.55. The molecule has 2 aromatic heterocycles. The standard InChI is InChI=1S/C20H25Cl2N5O4/c1-19(2,3)30-17(28)27(18(29)31-20(4,5)6)12-8-7-11(9-12)26-10-23-13-14(21)24-16(22)25-15(13)26/h7-8,10-12H,9H2,1-6H3/t11-,12+/m0/s1. The number of fused-ring (bicyclic) bond motifs is 1. The molecule has 0 fully saturated rings. The van der Waals surface area contributed by atoms with Crippen LogP contribution >= 0.6 is 23.2 Å². The second-order valence-electron chi connectivity index (χ2n) is 9.19. The van der Waals surface area contributed by atoms with Crippen molar-refractivity contribution < 1.29 is 19.1 Å². The van der Waals surface area contributed by atoms with Crippen molar-refractivity contribution >= 4 is 46.6 Å². The number of allylic oxidation sites excluding steroid dienone is 1. The van der Waals surface area contributed by atoms with Crippen molar-refractivity contribution in [2.24, 2.45) is 0 Å². The van der Waals surface area contributed by atoms with Crippen molar-refractivity contribution in [1.29, 1.82) is 0 Å². The summed E-state index contributed by atoms with van der Waals surface area (Å²) >= 11 is 12.1. The van der Waals surface area contributed by atoms with E-state index in [1.54, 1.807) is 58.5 Å². The van der Waals surface area contributed by atoms with Gasteiger partial charge in [0, 0.05) is 0 Å². The largest absolute Gasteiger partial charge is 0.443 e. The lowest BCUT2D eigenvalue weighted by Gasteiger charge is -2.31. The number of carbonyl (C=O) groups is 2. The minimum Gasteiger partial charge on any atom is -0.443 e. The van der Waals surface area contributed by atoms with Crippen LogP contribution in [0.5, 0.6) is 0 Å². The van der Waals surface area contributed by atoms with E-state index in [-0.39, 0.29) is 16.5 Å². The Morgan fingerprint density at radius 1 is 1.03 bits per heavy atom. The SMILES string of the molecule is CC(C)(C)OC(=O)N(C(=O)OC(C)(C)C)[C@@H]1C=C[C@H](n2cnc3c(Cl)nc(Cl)nc32)C1. The summed E-state index contributed by atoms with van der Waals surface area (Å²) < 4.78 is 12.7. The Bertz CT molecular complexity index is 1010. The molecule has 1 aliphatic rings. The molecule has 9 nitrogen and oxygen atoms in total. The van der Waals surface area contributed by atoms with E-state index in [1.165, 1.54) is 0 Å². The number of halogens is 2. The predicted molar refractivity (Wildman–Crippen MR) is 116 cm³/mol. The van der Waals surface area contributed by atoms with Crippen molar-refractivity contribution in [2.45, 2.75) is 71.2 Å². The maximum atomic E-state index is 12.9. The van der Waals surface area contributed by atoms with Crippen molar-refractivity contribution in [1.82, 2.24) is 24.4 Å². The Balaban J connectivity index is 1.88. The first-order chi connectivity index (χ1) is 14.2. The number of hydrogen-bond donors (Lipinski definition) is 0. The van der Waals surface area contributed by atoms with Crippen LogP contribution in [0, 0.1) is 0 Å². The quantitative estimate of drug-likeness (QED) is 0.339. The van der Waals surface area contributed by atoms with Crippen molar-refractivity contribution in [3.8, 4) is 0 Å². The number of hydrogen-bond acceptors (Lipinski definition) is 7. The summed E-state index contributed by atoms with van der Waals surface area (Å²) in [4.78, 5) is 39.1. The molecule has 0 bridgehead atoms. The van der Waals surface area contributed by atoms with E-state index >= 15 is 0 Å². The zero-order chi connectivity index (χ0) is 23.1. The summed E-state index contributed by atoms with van der Waals surface area (Å²) in [5, 5.41) is 0.151. The van der Waals surface area contributed by atoms with Crippen LogP contribution < -0.4 is 0 Å². The molecule has 11 heteroatoms. The summed E-state index contributed by atoms with van der Waals surface area (Å²) in [5.74, 6) is 0. The molecule has 3 rings (SSSR count). The lowest BCUT2D eigenvalue weighted by molar-refractivity contribution is -0.00401. The minimum atomic E-state index is -0.777. The molecule has 0 unspecified atom stereocenters. The van der Waals surface area contributed by atoms with E-state index in [1.807, 2.05) is 6.08 Å². The molecule has 0 aromatic carbocycles. The molecule has 2 amide bonds. The molecule has 0 spiro atoms. The van der Waals surface area contributed by atoms with Crippen molar-refractivity contribution in [3.05, 3.63) is 28.9 Å². The maximum absolute atomic E-state index is 12.9. The molecular weight excluding hydrogens is 445 g/mol. The molecule has 2 heterocycles. The summed E-state index contributed by atoms with van der Waals surface area (Å²) in [6.07, 6.45) is 4.02. The zero-order valence-corrected chi connectivity index (χ0v) is 19.7. The van der Waals surface area contributed by atoms with Gasteiger partial charge >= 0.3 is 12.2 Å². The molecule has 2 aromatic rings. The first-order valence-electron chi connectivity index (χ1n) is 9.74. The van der Waals surface area contributed by atoms with E-state index in [4.69, 9.17) is 32.7 Å². The highest BCUT2D eigenvalue weighted by Crippen LogP contribution is 2.32. The van der Waals surface area contributed by atoms with Gasteiger partial charge in [-0.05, 0) is 59.6 Å². The molecule has 31 heavy (non-hydrogen) atoms. The van der Waals surface area contributed by atoms with Crippen molar-refractivity contribution in [2.75, 3.05) is 0 Å². The molecule has 2 atom stereocenters. The number of aromatic nitrogens is 4. The van der Waals surface area contributed by atoms with Crippen LogP contribution in [-0.2, 0) is 9.47 Å². The number of ether oxygens (including phenoxy) is 2. The van der Waals surface area contributed by atoms with Crippen LogP contribution in [0.25, 0.3) is 11.2 Å². The Morgan fingerprint density at radius 2 is 1.61 bits per heavy atom. The minimum absolute atomic E-state index is 0.00177. The summed E-state index contributed by atoms with van der Waals surface area (Å²) in [7, 11) is 0. The topological polar surface area (TPSA) is 99.4 Å². The van der Waals surface area contributed by atoms with Crippen LogP contribution in [0.1, 0.15) is 54.0 Å². The Labute approximate surface area is 190 Å². The zero-order valence-electron chi connectivity index (χ0n) is 18.2. The Kier molecular flexibility index (Phi) is 6.21. The van der Waals surface area contributed by atoms with Crippen LogP contribution in [-0.4, -0.2) is 53.8 Å². The lowest BCUT2D eigenvalue weighted by Crippen LogP contribution is -2.48. The lowest BCUT2D eigenvalue weighted by atomic mass is 10.2. The van der Waals surface area contributed by atoms with Crippen molar-refractivity contribution in [3.63, 3.8) is 0 Å². The molecule has 168 valence electrons. The summed E-state index contributed by atoms with van der Waals surface area (Å²) in [6, 6.07) is -0.829. The molecule has 0 radical (unpaired) electrons. The fourth-order valence-electron chi connectivity index (χ4n) is 3.13. The second-order valence-corrected chi connectivity index (χ2v) is 9.89. The average molecular weight is 470 g/mol. The van der Waals surface area contributed by atoms with Crippen LogP contribution in [0.3, 0.4) is 0 Å². The molecule has 1 aliphatic carbocycles. The van der Waals surface area contributed by atoms with Gasteiger partial charge in [-0.3, -0.25) is 0 Å². The molecular formula is C20H25Cl2N5O4. The highest BCUT2D eigenvalue weighted by atomic mass is 35.5. The molecule has 0 saturated carbocycles. The van der Waals surface area contributed by atoms with E-state index in [0.29, 0.717) is 17.6 Å². The van der Waals surface area contributed by atoms with Crippen LogP contribution in [0.4, 0.5) is 9.59 Å². The van der Waals surface area contributed by atoms with E-state index in [9.17, 15) is 9.59 Å². The number of rotatable bonds is 2. The fraction of sp³-hybridized carbons (Fsp3) is 0.550. The van der Waals surface area contributed by atoms with E-state index in [2.05, 4.69) is 15.0 Å². The van der Waals surface area contributed by atoms with Gasteiger partial charge in [-0.25, -0.2) is 24.5 Å². The van der Waals surface area contributed by atoms with Gasteiger partial charge in [0.25, 0.3) is 0 Å². The Morgan fingerprint density at radius 3 is 2.16 bits per heavy atom. The van der Waals surface area contributed by atoms with Gasteiger partial charge in [-0.2, -0.15) is 4.98 Å². The number of imide groups is 1. The number of imidazole rings is 1. The number of carbonyl (C=O) groups excluding carboxylic acids is 2. The van der Waals surface area contributed by atoms with Gasteiger partial charge < -0.3 is 14.0 Å². The summed E-state index contributed by atoms with van der Waals surface area (Å²) in [5.41, 5.74) is -0.672. The highest BCUT2D eigenvalue weighted by Gasteiger charge is 2.39. The third-order valence-corrected chi connectivity index (χ3v) is 4.69. The van der Waals surface area contributed by atoms with E-state index < -0.39 is 29.4 Å². The summed E-state index contributed by atoms with van der Waals surface area (Å²) in [6.45, 7) is 10.4. The smallest absolute Gasteiger partial charge is 0.420 e. The third-order valence-electron chi connectivity index (χ3n) is 4.26. The molecule has 0 saturated heterocycles. The highest BCUT2D eigenvalue weighted by molar-refractivity contribution is 6.35. The first kappa shape index (κ1) is 23.3. The van der Waals surface area contributed by atoms with E-state index in [0.717, 1.165) is 4.90 Å². The van der Waals surface area contributed by atoms with Gasteiger partial charge in [0.05, 0.1) is 18.4 Å². The third kappa shape index (κ3) is 5.46. The molecule has 0 aliphatic heterocycles. The van der Waals surface area contributed by atoms with Gasteiger partial charge in [0.15, 0.2) is 10.8 Å². The average Bonchev–Trinajstić information content (AvgIpc) is 3.18. The monoisotopic (exact) mass is 469 g/mol. The first-order valence-corrected chi connectivity index (χ1v) is 10.5. The molecule has 0 N–H and O–H groups in total. The van der Waals surface area contributed by atoms with Gasteiger partial charge in [-0.1, -0.05) is 23.8 Å². The Hall–Kier alpha value is -2.39.